The van der Waals surface area contributed by atoms with Gasteiger partial charge in [0, 0.05) is 17.9 Å². The average molecular weight is 314 g/mol. The maximum absolute atomic E-state index is 12.7. The average Bonchev–Trinajstić information content (AvgIpc) is 2.82. The summed E-state index contributed by atoms with van der Waals surface area (Å²) in [4.78, 5) is 23.9. The summed E-state index contributed by atoms with van der Waals surface area (Å²) in [6, 6.07) is 0. The second-order valence-corrected chi connectivity index (χ2v) is 8.24. The molecule has 1 saturated carbocycles. The fraction of sp³-hybridized carbons (Fsp3) is 0.600. The lowest BCUT2D eigenvalue weighted by atomic mass is 9.48. The molecule has 3 nitrogen and oxygen atoms in total. The molecule has 3 aliphatic rings. The van der Waals surface area contributed by atoms with E-state index in [1.165, 1.54) is 0 Å². The van der Waals surface area contributed by atoms with Gasteiger partial charge >= 0.3 is 5.97 Å². The van der Waals surface area contributed by atoms with E-state index in [-0.39, 0.29) is 34.4 Å². The number of ether oxygens (including phenoxy) is 1. The monoisotopic (exact) mass is 314 g/mol. The number of allylic oxidation sites excluding steroid dienone is 3. The van der Waals surface area contributed by atoms with Crippen LogP contribution in [-0.2, 0) is 14.3 Å². The lowest BCUT2D eigenvalue weighted by molar-refractivity contribution is -0.135. The van der Waals surface area contributed by atoms with Gasteiger partial charge in [0.15, 0.2) is 5.78 Å². The molecule has 0 saturated heterocycles. The van der Waals surface area contributed by atoms with Crippen molar-refractivity contribution in [3.8, 4) is 0 Å². The summed E-state index contributed by atoms with van der Waals surface area (Å²) in [5, 5.41) is 0. The lowest BCUT2D eigenvalue weighted by Gasteiger charge is -2.55. The van der Waals surface area contributed by atoms with E-state index in [1.807, 2.05) is 12.2 Å². The van der Waals surface area contributed by atoms with E-state index < -0.39 is 0 Å². The van der Waals surface area contributed by atoms with Gasteiger partial charge in [0.05, 0.1) is 0 Å². The number of hydrogen-bond acceptors (Lipinski definition) is 3. The molecule has 0 spiro atoms. The Morgan fingerprint density at radius 1 is 1.17 bits per heavy atom. The summed E-state index contributed by atoms with van der Waals surface area (Å²) in [5.41, 5.74) is 2.04. The number of cyclic esters (lactones) is 1. The second-order valence-electron chi connectivity index (χ2n) is 8.24. The third-order valence-electron chi connectivity index (χ3n) is 6.02. The Balaban J connectivity index is 1.97. The van der Waals surface area contributed by atoms with Gasteiger partial charge in [0.25, 0.3) is 0 Å². The first-order valence-corrected chi connectivity index (χ1v) is 8.52. The number of carbonyl (C=O) groups excluding carboxylic acids is 2. The molecule has 2 aliphatic carbocycles. The molecule has 0 amide bonds. The summed E-state index contributed by atoms with van der Waals surface area (Å²) in [7, 11) is 0. The summed E-state index contributed by atoms with van der Waals surface area (Å²) in [6.07, 6.45) is 10.9. The highest BCUT2D eigenvalue weighted by Gasteiger charge is 2.54. The quantitative estimate of drug-likeness (QED) is 0.723. The van der Waals surface area contributed by atoms with Crippen LogP contribution in [0, 0.1) is 22.7 Å². The molecule has 0 radical (unpaired) electrons. The van der Waals surface area contributed by atoms with Crippen LogP contribution in [0.2, 0.25) is 0 Å². The molecule has 23 heavy (non-hydrogen) atoms. The van der Waals surface area contributed by atoms with Crippen molar-refractivity contribution in [1.82, 2.24) is 0 Å². The highest BCUT2D eigenvalue weighted by atomic mass is 16.5. The number of ketones is 1. The van der Waals surface area contributed by atoms with Crippen LogP contribution in [0.3, 0.4) is 0 Å². The van der Waals surface area contributed by atoms with Crippen LogP contribution in [-0.4, -0.2) is 18.4 Å². The molecule has 124 valence electrons. The first-order chi connectivity index (χ1) is 10.7. The normalized spacial score (nSPS) is 36.5. The van der Waals surface area contributed by atoms with Crippen molar-refractivity contribution in [2.24, 2.45) is 22.7 Å². The van der Waals surface area contributed by atoms with Gasteiger partial charge in [-0.1, -0.05) is 44.9 Å². The largest absolute Gasteiger partial charge is 0.458 e. The number of rotatable bonds is 2. The SMILES string of the molecule is CC1=CC(=O)[C@H]2C(C)(C)CCC[C@]2(C)[C@H]1/C=C/C1=CC(=O)OC1. The zero-order valence-electron chi connectivity index (χ0n) is 14.5. The topological polar surface area (TPSA) is 43.4 Å². The van der Waals surface area contributed by atoms with Gasteiger partial charge < -0.3 is 4.74 Å². The van der Waals surface area contributed by atoms with E-state index in [9.17, 15) is 9.59 Å². The molecule has 3 atom stereocenters. The first-order valence-electron chi connectivity index (χ1n) is 8.52. The van der Waals surface area contributed by atoms with Crippen LogP contribution in [0.5, 0.6) is 0 Å². The second kappa shape index (κ2) is 5.47. The van der Waals surface area contributed by atoms with Gasteiger partial charge in [-0.25, -0.2) is 4.79 Å². The Morgan fingerprint density at radius 3 is 2.57 bits per heavy atom. The molecular formula is C20H26O3. The van der Waals surface area contributed by atoms with Gasteiger partial charge in [-0.05, 0) is 42.2 Å². The molecule has 0 aromatic carbocycles. The van der Waals surface area contributed by atoms with Gasteiger partial charge in [-0.3, -0.25) is 4.79 Å². The van der Waals surface area contributed by atoms with Crippen molar-refractivity contribution < 1.29 is 14.3 Å². The van der Waals surface area contributed by atoms with Gasteiger partial charge in [0.1, 0.15) is 6.61 Å². The number of carbonyl (C=O) groups is 2. The fourth-order valence-electron chi connectivity index (χ4n) is 5.15. The van der Waals surface area contributed by atoms with Crippen molar-refractivity contribution in [2.45, 2.75) is 47.0 Å². The van der Waals surface area contributed by atoms with Crippen molar-refractivity contribution in [1.29, 1.82) is 0 Å². The minimum Gasteiger partial charge on any atom is -0.458 e. The third kappa shape index (κ3) is 2.71. The van der Waals surface area contributed by atoms with Crippen molar-refractivity contribution >= 4 is 11.8 Å². The lowest BCUT2D eigenvalue weighted by Crippen LogP contribution is -2.52. The predicted molar refractivity (Wildman–Crippen MR) is 89.7 cm³/mol. The van der Waals surface area contributed by atoms with E-state index in [0.29, 0.717) is 6.61 Å². The molecular weight excluding hydrogens is 288 g/mol. The Kier molecular flexibility index (Phi) is 3.86. The first kappa shape index (κ1) is 16.2. The van der Waals surface area contributed by atoms with Crippen molar-refractivity contribution in [3.05, 3.63) is 35.5 Å². The molecule has 1 aliphatic heterocycles. The van der Waals surface area contributed by atoms with E-state index in [0.717, 1.165) is 30.4 Å². The molecule has 0 aromatic rings. The zero-order valence-corrected chi connectivity index (χ0v) is 14.5. The van der Waals surface area contributed by atoms with Crippen LogP contribution >= 0.6 is 0 Å². The Labute approximate surface area is 138 Å². The minimum absolute atomic E-state index is 0.0408. The maximum atomic E-state index is 12.7. The Morgan fingerprint density at radius 2 is 1.91 bits per heavy atom. The highest BCUT2D eigenvalue weighted by molar-refractivity contribution is 5.95. The van der Waals surface area contributed by atoms with Crippen LogP contribution in [0.1, 0.15) is 47.0 Å². The molecule has 0 N–H and O–H groups in total. The summed E-state index contributed by atoms with van der Waals surface area (Å²) in [5.74, 6) is 0.329. The van der Waals surface area contributed by atoms with Crippen LogP contribution < -0.4 is 0 Å². The summed E-state index contributed by atoms with van der Waals surface area (Å²) in [6.45, 7) is 9.14. The third-order valence-corrected chi connectivity index (χ3v) is 6.02. The van der Waals surface area contributed by atoms with Gasteiger partial charge in [0.2, 0.25) is 0 Å². The number of fused-ring (bicyclic) bond motifs is 1. The highest BCUT2D eigenvalue weighted by Crippen LogP contribution is 2.58. The Hall–Kier alpha value is -1.64. The van der Waals surface area contributed by atoms with Gasteiger partial charge in [-0.2, -0.15) is 0 Å². The van der Waals surface area contributed by atoms with E-state index in [2.05, 4.69) is 33.8 Å². The van der Waals surface area contributed by atoms with Crippen LogP contribution in [0.25, 0.3) is 0 Å². The molecule has 3 heteroatoms. The van der Waals surface area contributed by atoms with E-state index >= 15 is 0 Å². The van der Waals surface area contributed by atoms with Crippen molar-refractivity contribution in [3.63, 3.8) is 0 Å². The van der Waals surface area contributed by atoms with E-state index in [1.54, 1.807) is 6.08 Å². The van der Waals surface area contributed by atoms with Gasteiger partial charge in [-0.15, -0.1) is 0 Å². The number of hydrogen-bond donors (Lipinski definition) is 0. The summed E-state index contributed by atoms with van der Waals surface area (Å²) < 4.78 is 4.96. The standard InChI is InChI=1S/C20H26O3/c1-13-10-16(21)18-19(2,3)8-5-9-20(18,4)15(13)7-6-14-11-17(22)23-12-14/h6-7,10-11,15,18H,5,8-9,12H2,1-4H3/b7-6+/t15-,18-,20+/m0/s1. The number of esters is 1. The predicted octanol–water partition coefficient (Wildman–Crippen LogP) is 4.00. The molecule has 0 aromatic heterocycles. The maximum Gasteiger partial charge on any atom is 0.331 e. The fourth-order valence-corrected chi connectivity index (χ4v) is 5.15. The molecule has 1 fully saturated rings. The molecule has 3 rings (SSSR count). The minimum atomic E-state index is -0.265. The molecule has 0 unspecified atom stereocenters. The zero-order chi connectivity index (χ0) is 16.8. The summed E-state index contributed by atoms with van der Waals surface area (Å²) >= 11 is 0. The van der Waals surface area contributed by atoms with Crippen LogP contribution in [0.15, 0.2) is 35.5 Å². The molecule has 0 bridgehead atoms. The Bertz CT molecular complexity index is 635. The van der Waals surface area contributed by atoms with Crippen LogP contribution in [0.4, 0.5) is 0 Å². The smallest absolute Gasteiger partial charge is 0.331 e. The van der Waals surface area contributed by atoms with Crippen molar-refractivity contribution in [2.75, 3.05) is 6.61 Å². The van der Waals surface area contributed by atoms with E-state index in [4.69, 9.17) is 4.74 Å². The molecule has 1 heterocycles.